The molecule has 3 N–H and O–H groups in total. The predicted molar refractivity (Wildman–Crippen MR) is 101 cm³/mol. The number of anilines is 1. The van der Waals surface area contributed by atoms with E-state index in [2.05, 4.69) is 5.32 Å². The lowest BCUT2D eigenvalue weighted by atomic mass is 10.0. The highest BCUT2D eigenvalue weighted by atomic mass is 35.5. The zero-order chi connectivity index (χ0) is 17.0. The van der Waals surface area contributed by atoms with Crippen LogP contribution in [0.1, 0.15) is 48.3 Å². The third-order valence-electron chi connectivity index (χ3n) is 3.58. The lowest BCUT2D eigenvalue weighted by molar-refractivity contribution is 0.0939. The lowest BCUT2D eigenvalue weighted by Crippen LogP contribution is -2.27. The van der Waals surface area contributed by atoms with E-state index in [0.717, 1.165) is 16.9 Å². The zero-order valence-corrected chi connectivity index (χ0v) is 15.3. The number of hydrogen-bond acceptors (Lipinski definition) is 3. The van der Waals surface area contributed by atoms with Crippen molar-refractivity contribution in [2.45, 2.75) is 39.8 Å². The van der Waals surface area contributed by atoms with E-state index in [9.17, 15) is 4.79 Å². The minimum absolute atomic E-state index is 0. The largest absolute Gasteiger partial charge is 0.491 e. The molecule has 0 aliphatic rings. The number of hydrogen-bond donors (Lipinski definition) is 2. The highest BCUT2D eigenvalue weighted by molar-refractivity contribution is 5.96. The second-order valence-corrected chi connectivity index (χ2v) is 6.01. The monoisotopic (exact) mass is 348 g/mol. The van der Waals surface area contributed by atoms with Gasteiger partial charge < -0.3 is 15.8 Å². The Morgan fingerprint density at radius 1 is 1.12 bits per heavy atom. The first-order chi connectivity index (χ1) is 10.9. The molecule has 0 fully saturated rings. The summed E-state index contributed by atoms with van der Waals surface area (Å²) in [5.74, 6) is 0.677. The lowest BCUT2D eigenvalue weighted by Gasteiger charge is -2.17. The maximum atomic E-state index is 12.5. The first kappa shape index (κ1) is 19.8. The van der Waals surface area contributed by atoms with E-state index in [-0.39, 0.29) is 30.5 Å². The van der Waals surface area contributed by atoms with Crippen molar-refractivity contribution >= 4 is 24.0 Å². The third kappa shape index (κ3) is 5.17. The Morgan fingerprint density at radius 3 is 2.50 bits per heavy atom. The fraction of sp³-hybridized carbons (Fsp3) is 0.316. The van der Waals surface area contributed by atoms with E-state index in [1.54, 1.807) is 12.1 Å². The van der Waals surface area contributed by atoms with Crippen LogP contribution in [0.2, 0.25) is 0 Å². The van der Waals surface area contributed by atoms with Crippen molar-refractivity contribution in [2.24, 2.45) is 0 Å². The number of carbonyl (C=O) groups excluding carboxylic acids is 1. The standard InChI is InChI=1S/C19H24N2O2.ClH/c1-12(2)23-17-7-5-6-15(10-17)14(4)21-19(22)18-11-16(20)9-8-13(18)3;/h5-12,14H,20H2,1-4H3,(H,21,22);1H. The SMILES string of the molecule is Cc1ccc(N)cc1C(=O)NC(C)c1cccc(OC(C)C)c1.Cl. The van der Waals surface area contributed by atoms with Crippen LogP contribution in [-0.4, -0.2) is 12.0 Å². The van der Waals surface area contributed by atoms with Crippen molar-refractivity contribution in [3.05, 3.63) is 59.2 Å². The van der Waals surface area contributed by atoms with Crippen molar-refractivity contribution in [1.82, 2.24) is 5.32 Å². The van der Waals surface area contributed by atoms with Gasteiger partial charge in [-0.2, -0.15) is 0 Å². The van der Waals surface area contributed by atoms with Gasteiger partial charge in [0.25, 0.3) is 5.91 Å². The van der Waals surface area contributed by atoms with Crippen molar-refractivity contribution < 1.29 is 9.53 Å². The van der Waals surface area contributed by atoms with Crippen LogP contribution in [0.3, 0.4) is 0 Å². The number of carbonyl (C=O) groups is 1. The topological polar surface area (TPSA) is 64.4 Å². The molecule has 0 aliphatic heterocycles. The molecular formula is C19H25ClN2O2. The van der Waals surface area contributed by atoms with Gasteiger partial charge in [-0.3, -0.25) is 4.79 Å². The summed E-state index contributed by atoms with van der Waals surface area (Å²) in [6, 6.07) is 13.0. The van der Waals surface area contributed by atoms with Gasteiger partial charge in [0.05, 0.1) is 12.1 Å². The fourth-order valence-corrected chi connectivity index (χ4v) is 2.37. The molecule has 5 heteroatoms. The Bertz CT molecular complexity index is 702. The summed E-state index contributed by atoms with van der Waals surface area (Å²) in [6.45, 7) is 7.82. The van der Waals surface area contributed by atoms with E-state index in [1.165, 1.54) is 0 Å². The molecule has 0 heterocycles. The highest BCUT2D eigenvalue weighted by Gasteiger charge is 2.14. The summed E-state index contributed by atoms with van der Waals surface area (Å²) >= 11 is 0. The van der Waals surface area contributed by atoms with Crippen LogP contribution in [0.25, 0.3) is 0 Å². The molecule has 2 aromatic rings. The van der Waals surface area contributed by atoms with Crippen molar-refractivity contribution in [3.63, 3.8) is 0 Å². The molecule has 1 amide bonds. The Labute approximate surface area is 149 Å². The molecule has 0 aromatic heterocycles. The molecule has 0 bridgehead atoms. The molecule has 1 atom stereocenters. The molecule has 0 radical (unpaired) electrons. The number of rotatable bonds is 5. The zero-order valence-electron chi connectivity index (χ0n) is 14.5. The van der Waals surface area contributed by atoms with Crippen LogP contribution in [0, 0.1) is 6.92 Å². The van der Waals surface area contributed by atoms with Crippen LogP contribution in [0.4, 0.5) is 5.69 Å². The Kier molecular flexibility index (Phi) is 7.11. The summed E-state index contributed by atoms with van der Waals surface area (Å²) in [5.41, 5.74) is 8.87. The number of halogens is 1. The van der Waals surface area contributed by atoms with Crippen LogP contribution in [0.15, 0.2) is 42.5 Å². The average molecular weight is 349 g/mol. The van der Waals surface area contributed by atoms with Gasteiger partial charge >= 0.3 is 0 Å². The molecule has 2 aromatic carbocycles. The first-order valence-corrected chi connectivity index (χ1v) is 7.80. The van der Waals surface area contributed by atoms with Gasteiger partial charge in [0.2, 0.25) is 0 Å². The van der Waals surface area contributed by atoms with Gasteiger partial charge in [-0.25, -0.2) is 0 Å². The number of nitrogen functional groups attached to an aromatic ring is 1. The fourth-order valence-electron chi connectivity index (χ4n) is 2.37. The molecule has 4 nitrogen and oxygen atoms in total. The van der Waals surface area contributed by atoms with Gasteiger partial charge in [-0.1, -0.05) is 18.2 Å². The van der Waals surface area contributed by atoms with Gasteiger partial charge in [0.1, 0.15) is 5.75 Å². The molecule has 0 aliphatic carbocycles. The Morgan fingerprint density at radius 2 is 1.83 bits per heavy atom. The molecule has 0 spiro atoms. The summed E-state index contributed by atoms with van der Waals surface area (Å²) in [5, 5.41) is 3.01. The molecule has 2 rings (SSSR count). The van der Waals surface area contributed by atoms with Crippen molar-refractivity contribution in [2.75, 3.05) is 5.73 Å². The van der Waals surface area contributed by atoms with Gasteiger partial charge in [-0.05, 0) is 63.1 Å². The molecule has 0 saturated carbocycles. The normalized spacial score (nSPS) is 11.5. The van der Waals surface area contributed by atoms with Crippen LogP contribution in [0.5, 0.6) is 5.75 Å². The van der Waals surface area contributed by atoms with Gasteiger partial charge in [-0.15, -0.1) is 12.4 Å². The Hall–Kier alpha value is -2.20. The number of amides is 1. The summed E-state index contributed by atoms with van der Waals surface area (Å²) in [7, 11) is 0. The maximum Gasteiger partial charge on any atom is 0.252 e. The quantitative estimate of drug-likeness (QED) is 0.793. The molecular weight excluding hydrogens is 324 g/mol. The second kappa shape index (κ2) is 8.60. The molecule has 1 unspecified atom stereocenters. The number of ether oxygens (including phenoxy) is 1. The van der Waals surface area contributed by atoms with Gasteiger partial charge in [0.15, 0.2) is 0 Å². The smallest absolute Gasteiger partial charge is 0.252 e. The first-order valence-electron chi connectivity index (χ1n) is 7.80. The van der Waals surface area contributed by atoms with E-state index in [4.69, 9.17) is 10.5 Å². The number of nitrogens with one attached hydrogen (secondary N) is 1. The number of nitrogens with two attached hydrogens (primary N) is 1. The molecule has 24 heavy (non-hydrogen) atoms. The highest BCUT2D eigenvalue weighted by Crippen LogP contribution is 2.21. The number of benzene rings is 2. The summed E-state index contributed by atoms with van der Waals surface area (Å²) in [6.07, 6.45) is 0.116. The molecule has 130 valence electrons. The van der Waals surface area contributed by atoms with Crippen LogP contribution >= 0.6 is 12.4 Å². The summed E-state index contributed by atoms with van der Waals surface area (Å²) < 4.78 is 5.70. The average Bonchev–Trinajstić information content (AvgIpc) is 2.49. The maximum absolute atomic E-state index is 12.5. The minimum atomic E-state index is -0.127. The van der Waals surface area contributed by atoms with E-state index >= 15 is 0 Å². The van der Waals surface area contributed by atoms with E-state index < -0.39 is 0 Å². The van der Waals surface area contributed by atoms with E-state index in [1.807, 2.05) is 58.0 Å². The third-order valence-corrected chi connectivity index (χ3v) is 3.58. The predicted octanol–water partition coefficient (Wildman–Crippen LogP) is 4.28. The van der Waals surface area contributed by atoms with Gasteiger partial charge in [0, 0.05) is 11.3 Å². The second-order valence-electron chi connectivity index (χ2n) is 6.01. The minimum Gasteiger partial charge on any atom is -0.491 e. The summed E-state index contributed by atoms with van der Waals surface area (Å²) in [4.78, 5) is 12.5. The van der Waals surface area contributed by atoms with Crippen LogP contribution in [-0.2, 0) is 0 Å². The molecule has 0 saturated heterocycles. The number of aryl methyl sites for hydroxylation is 1. The van der Waals surface area contributed by atoms with Crippen molar-refractivity contribution in [1.29, 1.82) is 0 Å². The van der Waals surface area contributed by atoms with Crippen molar-refractivity contribution in [3.8, 4) is 5.75 Å². The Balaban J connectivity index is 0.00000288. The van der Waals surface area contributed by atoms with Crippen LogP contribution < -0.4 is 15.8 Å². The van der Waals surface area contributed by atoms with E-state index in [0.29, 0.717) is 11.3 Å².